The smallest absolute Gasteiger partial charge is 0.255 e. The Bertz CT molecular complexity index is 1230. The van der Waals surface area contributed by atoms with Gasteiger partial charge in [-0.25, -0.2) is 9.97 Å². The number of pyridine rings is 1. The Morgan fingerprint density at radius 1 is 1.06 bits per heavy atom. The lowest BCUT2D eigenvalue weighted by molar-refractivity contribution is 0.102. The van der Waals surface area contributed by atoms with E-state index in [1.807, 2.05) is 49.4 Å². The summed E-state index contributed by atoms with van der Waals surface area (Å²) in [4.78, 5) is 22.4. The number of carbonyl (C=O) groups excluding carboxylic acids is 1. The minimum Gasteiger partial charge on any atom is -0.497 e. The first-order chi connectivity index (χ1) is 15.6. The van der Waals surface area contributed by atoms with Gasteiger partial charge in [-0.1, -0.05) is 43.7 Å². The predicted octanol–water partition coefficient (Wildman–Crippen LogP) is 5.39. The predicted molar refractivity (Wildman–Crippen MR) is 127 cm³/mol. The van der Waals surface area contributed by atoms with Crippen molar-refractivity contribution in [3.05, 3.63) is 83.3 Å². The monoisotopic (exact) mass is 428 g/mol. The Balaban J connectivity index is 1.70. The van der Waals surface area contributed by atoms with Gasteiger partial charge in [0, 0.05) is 12.0 Å². The third-order valence-corrected chi connectivity index (χ3v) is 5.50. The van der Waals surface area contributed by atoms with E-state index >= 15 is 0 Å². The Hall–Kier alpha value is -3.67. The largest absolute Gasteiger partial charge is 0.497 e. The summed E-state index contributed by atoms with van der Waals surface area (Å²) in [6, 6.07) is 19.2. The van der Waals surface area contributed by atoms with Crippen molar-refractivity contribution in [2.24, 2.45) is 0 Å². The third-order valence-electron chi connectivity index (χ3n) is 5.50. The fraction of sp³-hybridized carbons (Fsp3) is 0.269. The van der Waals surface area contributed by atoms with Crippen molar-refractivity contribution in [1.29, 1.82) is 0 Å². The maximum Gasteiger partial charge on any atom is 0.255 e. The van der Waals surface area contributed by atoms with Gasteiger partial charge in [0.25, 0.3) is 5.91 Å². The fourth-order valence-electron chi connectivity index (χ4n) is 3.74. The normalized spacial score (nSPS) is 11.0. The minimum absolute atomic E-state index is 0.156. The number of aromatic nitrogens is 3. The molecule has 2 aromatic heterocycles. The first kappa shape index (κ1) is 21.6. The number of carbonyl (C=O) groups is 1. The van der Waals surface area contributed by atoms with Gasteiger partial charge in [-0.2, -0.15) is 0 Å². The van der Waals surface area contributed by atoms with Crippen LogP contribution in [-0.2, 0) is 13.0 Å². The SMILES string of the molecule is CCCCc1nc2cc(NC(=O)c3ccccc3)c(C)nc2n1Cc1cccc(OC)c1. The Kier molecular flexibility index (Phi) is 6.50. The zero-order valence-corrected chi connectivity index (χ0v) is 18.8. The molecule has 2 aromatic carbocycles. The summed E-state index contributed by atoms with van der Waals surface area (Å²) >= 11 is 0. The molecule has 2 heterocycles. The number of unbranched alkanes of at least 4 members (excludes halogenated alkanes) is 1. The molecule has 0 unspecified atom stereocenters. The molecule has 0 spiro atoms. The molecular weight excluding hydrogens is 400 g/mol. The molecule has 0 bridgehead atoms. The Labute approximate surface area is 188 Å². The zero-order valence-electron chi connectivity index (χ0n) is 18.8. The van der Waals surface area contributed by atoms with E-state index in [4.69, 9.17) is 14.7 Å². The number of nitrogens with one attached hydrogen (secondary N) is 1. The van der Waals surface area contributed by atoms with Gasteiger partial charge < -0.3 is 14.6 Å². The lowest BCUT2D eigenvalue weighted by Gasteiger charge is -2.11. The highest BCUT2D eigenvalue weighted by molar-refractivity contribution is 6.05. The first-order valence-electron chi connectivity index (χ1n) is 10.9. The van der Waals surface area contributed by atoms with E-state index in [0.717, 1.165) is 53.3 Å². The van der Waals surface area contributed by atoms with Gasteiger partial charge in [-0.15, -0.1) is 0 Å². The van der Waals surface area contributed by atoms with Crippen molar-refractivity contribution in [1.82, 2.24) is 14.5 Å². The van der Waals surface area contributed by atoms with Crippen molar-refractivity contribution in [2.75, 3.05) is 12.4 Å². The average Bonchev–Trinajstić information content (AvgIpc) is 3.14. The molecule has 0 aliphatic rings. The summed E-state index contributed by atoms with van der Waals surface area (Å²) < 4.78 is 7.56. The summed E-state index contributed by atoms with van der Waals surface area (Å²) in [6.07, 6.45) is 3.02. The number of benzene rings is 2. The van der Waals surface area contributed by atoms with Crippen LogP contribution in [0.1, 0.15) is 47.2 Å². The van der Waals surface area contributed by atoms with E-state index in [0.29, 0.717) is 17.8 Å². The van der Waals surface area contributed by atoms with Crippen LogP contribution in [0.25, 0.3) is 11.2 Å². The van der Waals surface area contributed by atoms with Crippen molar-refractivity contribution in [3.63, 3.8) is 0 Å². The number of imidazole rings is 1. The molecule has 164 valence electrons. The summed E-state index contributed by atoms with van der Waals surface area (Å²) in [5.41, 5.74) is 4.79. The molecule has 6 heteroatoms. The number of hydrogen-bond donors (Lipinski definition) is 1. The highest BCUT2D eigenvalue weighted by atomic mass is 16.5. The third kappa shape index (κ3) is 4.64. The van der Waals surface area contributed by atoms with Gasteiger partial charge in [-0.3, -0.25) is 4.79 Å². The molecule has 0 atom stereocenters. The van der Waals surface area contributed by atoms with E-state index in [-0.39, 0.29) is 5.91 Å². The van der Waals surface area contributed by atoms with E-state index in [1.54, 1.807) is 19.2 Å². The summed E-state index contributed by atoms with van der Waals surface area (Å²) in [5.74, 6) is 1.68. The second-order valence-corrected chi connectivity index (χ2v) is 7.85. The van der Waals surface area contributed by atoms with Crippen LogP contribution < -0.4 is 10.1 Å². The van der Waals surface area contributed by atoms with Gasteiger partial charge in [0.2, 0.25) is 0 Å². The molecule has 32 heavy (non-hydrogen) atoms. The lowest BCUT2D eigenvalue weighted by Crippen LogP contribution is -2.13. The second kappa shape index (κ2) is 9.64. The van der Waals surface area contributed by atoms with Crippen molar-refractivity contribution < 1.29 is 9.53 Å². The van der Waals surface area contributed by atoms with Gasteiger partial charge in [0.05, 0.1) is 25.0 Å². The fourth-order valence-corrected chi connectivity index (χ4v) is 3.74. The van der Waals surface area contributed by atoms with E-state index in [1.165, 1.54) is 0 Å². The molecule has 0 radical (unpaired) electrons. The zero-order chi connectivity index (χ0) is 22.5. The number of nitrogens with zero attached hydrogens (tertiary/aromatic N) is 3. The molecule has 0 saturated heterocycles. The van der Waals surface area contributed by atoms with Crippen molar-refractivity contribution in [2.45, 2.75) is 39.7 Å². The van der Waals surface area contributed by atoms with Crippen LogP contribution in [0.5, 0.6) is 5.75 Å². The van der Waals surface area contributed by atoms with Crippen molar-refractivity contribution >= 4 is 22.8 Å². The molecular formula is C26H28N4O2. The molecule has 1 N–H and O–H groups in total. The number of ether oxygens (including phenoxy) is 1. The molecule has 0 aliphatic carbocycles. The molecule has 4 rings (SSSR count). The summed E-state index contributed by atoms with van der Waals surface area (Å²) in [7, 11) is 1.68. The maximum atomic E-state index is 12.6. The molecule has 6 nitrogen and oxygen atoms in total. The van der Waals surface area contributed by atoms with Crippen LogP contribution >= 0.6 is 0 Å². The summed E-state index contributed by atoms with van der Waals surface area (Å²) in [6.45, 7) is 4.75. The minimum atomic E-state index is -0.156. The Morgan fingerprint density at radius 3 is 2.62 bits per heavy atom. The second-order valence-electron chi connectivity index (χ2n) is 7.85. The summed E-state index contributed by atoms with van der Waals surface area (Å²) in [5, 5.41) is 2.99. The average molecular weight is 429 g/mol. The molecule has 0 fully saturated rings. The van der Waals surface area contributed by atoms with Gasteiger partial charge in [0.15, 0.2) is 5.65 Å². The quantitative estimate of drug-likeness (QED) is 0.408. The number of rotatable bonds is 8. The van der Waals surface area contributed by atoms with Crippen LogP contribution in [0.3, 0.4) is 0 Å². The maximum absolute atomic E-state index is 12.6. The number of aryl methyl sites for hydroxylation is 2. The Morgan fingerprint density at radius 2 is 1.88 bits per heavy atom. The number of methoxy groups -OCH3 is 1. The first-order valence-corrected chi connectivity index (χ1v) is 10.9. The van der Waals surface area contributed by atoms with Crippen LogP contribution in [0.15, 0.2) is 60.7 Å². The van der Waals surface area contributed by atoms with E-state index < -0.39 is 0 Å². The highest BCUT2D eigenvalue weighted by Gasteiger charge is 2.16. The highest BCUT2D eigenvalue weighted by Crippen LogP contribution is 2.25. The number of fused-ring (bicyclic) bond motifs is 1. The van der Waals surface area contributed by atoms with Crippen LogP contribution in [-0.4, -0.2) is 27.6 Å². The van der Waals surface area contributed by atoms with Crippen LogP contribution in [0.2, 0.25) is 0 Å². The molecule has 0 aliphatic heterocycles. The number of hydrogen-bond acceptors (Lipinski definition) is 4. The number of amides is 1. The van der Waals surface area contributed by atoms with E-state index in [9.17, 15) is 4.79 Å². The molecule has 4 aromatic rings. The standard InChI is InChI=1S/C26H28N4O2/c1-4-5-14-24-28-23-16-22(29-26(31)20-11-7-6-8-12-20)18(2)27-25(23)30(24)17-19-10-9-13-21(15-19)32-3/h6-13,15-16H,4-5,14,17H2,1-3H3,(H,29,31). The van der Waals surface area contributed by atoms with E-state index in [2.05, 4.69) is 22.9 Å². The van der Waals surface area contributed by atoms with Gasteiger partial charge in [0.1, 0.15) is 17.1 Å². The van der Waals surface area contributed by atoms with Crippen molar-refractivity contribution in [3.8, 4) is 5.75 Å². The number of anilines is 1. The lowest BCUT2D eigenvalue weighted by atomic mass is 10.2. The van der Waals surface area contributed by atoms with Crippen LogP contribution in [0, 0.1) is 6.92 Å². The molecule has 0 saturated carbocycles. The van der Waals surface area contributed by atoms with Crippen LogP contribution in [0.4, 0.5) is 5.69 Å². The van der Waals surface area contributed by atoms with Gasteiger partial charge in [-0.05, 0) is 49.2 Å². The topological polar surface area (TPSA) is 69.0 Å². The molecule has 1 amide bonds. The van der Waals surface area contributed by atoms with Gasteiger partial charge >= 0.3 is 0 Å².